The van der Waals surface area contributed by atoms with Gasteiger partial charge in [0.2, 0.25) is 0 Å². The van der Waals surface area contributed by atoms with E-state index in [-0.39, 0.29) is 0 Å². The topological polar surface area (TPSA) is 12.9 Å². The van der Waals surface area contributed by atoms with Crippen molar-refractivity contribution in [2.45, 2.75) is 13.8 Å². The molecular weight excluding hydrogens is 258 g/mol. The summed E-state index contributed by atoms with van der Waals surface area (Å²) in [6, 6.07) is 8.26. The third kappa shape index (κ3) is 1.88. The molecule has 14 heavy (non-hydrogen) atoms. The van der Waals surface area contributed by atoms with E-state index in [4.69, 9.17) is 0 Å². The van der Waals surface area contributed by atoms with Crippen LogP contribution in [0.4, 0.5) is 0 Å². The van der Waals surface area contributed by atoms with Crippen molar-refractivity contribution in [3.8, 4) is 10.6 Å². The third-order valence-electron chi connectivity index (χ3n) is 2.00. The Labute approximate surface area is 95.9 Å². The van der Waals surface area contributed by atoms with E-state index in [1.807, 2.05) is 25.1 Å². The molecule has 0 aliphatic heterocycles. The van der Waals surface area contributed by atoms with Crippen LogP contribution in [0.1, 0.15) is 11.3 Å². The molecule has 0 amide bonds. The summed E-state index contributed by atoms with van der Waals surface area (Å²) < 4.78 is 1.19. The lowest BCUT2D eigenvalue weighted by molar-refractivity contribution is 1.21. The van der Waals surface area contributed by atoms with Gasteiger partial charge in [0.1, 0.15) is 0 Å². The Hall–Kier alpha value is -0.670. The lowest BCUT2D eigenvalue weighted by Crippen LogP contribution is -1.82. The molecule has 0 unspecified atom stereocenters. The molecule has 0 atom stereocenters. The summed E-state index contributed by atoms with van der Waals surface area (Å²) in [7, 11) is 0. The zero-order valence-corrected chi connectivity index (χ0v) is 10.4. The van der Waals surface area contributed by atoms with Crippen LogP contribution >= 0.6 is 27.3 Å². The number of hydrogen-bond acceptors (Lipinski definition) is 2. The van der Waals surface area contributed by atoms with Gasteiger partial charge in [0.15, 0.2) is 0 Å². The standard InChI is InChI=1S/C11H10BrNS/c1-7-6-10(14-11(7)12)9-5-3-4-8(2)13-9/h3-6H,1-2H3. The fourth-order valence-corrected chi connectivity index (χ4v) is 2.77. The largest absolute Gasteiger partial charge is 0.252 e. The number of nitrogens with zero attached hydrogens (tertiary/aromatic N) is 1. The van der Waals surface area contributed by atoms with E-state index in [9.17, 15) is 0 Å². The van der Waals surface area contributed by atoms with E-state index in [0.717, 1.165) is 11.4 Å². The van der Waals surface area contributed by atoms with Crippen molar-refractivity contribution < 1.29 is 0 Å². The highest BCUT2D eigenvalue weighted by atomic mass is 79.9. The minimum atomic E-state index is 1.06. The molecule has 3 heteroatoms. The maximum absolute atomic E-state index is 4.49. The molecule has 0 aliphatic rings. The van der Waals surface area contributed by atoms with Crippen LogP contribution in [-0.2, 0) is 0 Å². The average Bonchev–Trinajstić information content (AvgIpc) is 2.47. The highest BCUT2D eigenvalue weighted by molar-refractivity contribution is 9.11. The van der Waals surface area contributed by atoms with Crippen LogP contribution in [0.2, 0.25) is 0 Å². The minimum Gasteiger partial charge on any atom is -0.252 e. The van der Waals surface area contributed by atoms with E-state index in [1.165, 1.54) is 14.2 Å². The summed E-state index contributed by atoms with van der Waals surface area (Å²) in [5, 5.41) is 0. The van der Waals surface area contributed by atoms with Crippen LogP contribution in [0.15, 0.2) is 28.1 Å². The first-order chi connectivity index (χ1) is 6.66. The van der Waals surface area contributed by atoms with Gasteiger partial charge in [0, 0.05) is 5.69 Å². The Bertz CT molecular complexity index is 443. The van der Waals surface area contributed by atoms with Gasteiger partial charge in [-0.15, -0.1) is 11.3 Å². The lowest BCUT2D eigenvalue weighted by atomic mass is 10.2. The van der Waals surface area contributed by atoms with Gasteiger partial charge in [-0.2, -0.15) is 0 Å². The summed E-state index contributed by atoms with van der Waals surface area (Å²) in [6.07, 6.45) is 0. The van der Waals surface area contributed by atoms with Gasteiger partial charge in [-0.3, -0.25) is 4.98 Å². The molecule has 0 radical (unpaired) electrons. The first-order valence-electron chi connectivity index (χ1n) is 4.37. The Morgan fingerprint density at radius 2 is 2.07 bits per heavy atom. The van der Waals surface area contributed by atoms with Gasteiger partial charge in [-0.05, 0) is 53.5 Å². The third-order valence-corrected chi connectivity index (χ3v) is 4.16. The van der Waals surface area contributed by atoms with Gasteiger partial charge in [-0.25, -0.2) is 0 Å². The summed E-state index contributed by atoms with van der Waals surface area (Å²) in [6.45, 7) is 4.11. The maximum Gasteiger partial charge on any atom is 0.0805 e. The second-order valence-corrected chi connectivity index (χ2v) is 5.60. The number of rotatable bonds is 1. The molecule has 0 saturated heterocycles. The number of aromatic nitrogens is 1. The molecular formula is C11H10BrNS. The molecule has 0 aliphatic carbocycles. The average molecular weight is 268 g/mol. The number of halogens is 1. The highest BCUT2D eigenvalue weighted by Crippen LogP contribution is 2.33. The smallest absolute Gasteiger partial charge is 0.0805 e. The number of hydrogen-bond donors (Lipinski definition) is 0. The lowest BCUT2D eigenvalue weighted by Gasteiger charge is -1.96. The summed E-state index contributed by atoms with van der Waals surface area (Å²) in [5.41, 5.74) is 3.39. The van der Waals surface area contributed by atoms with E-state index in [2.05, 4.69) is 33.9 Å². The molecule has 0 fully saturated rings. The SMILES string of the molecule is Cc1cccc(-c2cc(C)c(Br)s2)n1. The zero-order valence-electron chi connectivity index (χ0n) is 8.04. The minimum absolute atomic E-state index is 1.06. The molecule has 0 saturated carbocycles. The van der Waals surface area contributed by atoms with E-state index < -0.39 is 0 Å². The van der Waals surface area contributed by atoms with Gasteiger partial charge in [0.05, 0.1) is 14.4 Å². The van der Waals surface area contributed by atoms with E-state index >= 15 is 0 Å². The predicted octanol–water partition coefficient (Wildman–Crippen LogP) is 4.19. The first-order valence-corrected chi connectivity index (χ1v) is 5.98. The van der Waals surface area contributed by atoms with Crippen molar-refractivity contribution in [1.29, 1.82) is 0 Å². The van der Waals surface area contributed by atoms with Crippen LogP contribution in [0, 0.1) is 13.8 Å². The molecule has 0 spiro atoms. The monoisotopic (exact) mass is 267 g/mol. The maximum atomic E-state index is 4.49. The summed E-state index contributed by atoms with van der Waals surface area (Å²) >= 11 is 5.25. The van der Waals surface area contributed by atoms with Gasteiger partial charge < -0.3 is 0 Å². The highest BCUT2D eigenvalue weighted by Gasteiger charge is 2.05. The molecule has 0 N–H and O–H groups in total. The van der Waals surface area contributed by atoms with Crippen LogP contribution < -0.4 is 0 Å². The summed E-state index contributed by atoms with van der Waals surface area (Å²) in [5.74, 6) is 0. The summed E-state index contributed by atoms with van der Waals surface area (Å²) in [4.78, 5) is 5.71. The van der Waals surface area contributed by atoms with Crippen LogP contribution in [0.5, 0.6) is 0 Å². The second kappa shape index (κ2) is 3.83. The van der Waals surface area contributed by atoms with Crippen molar-refractivity contribution >= 4 is 27.3 Å². The zero-order chi connectivity index (χ0) is 10.1. The fourth-order valence-electron chi connectivity index (χ4n) is 1.27. The number of thiophene rings is 1. The fraction of sp³-hybridized carbons (Fsp3) is 0.182. The molecule has 0 aromatic carbocycles. The molecule has 2 heterocycles. The van der Waals surface area contributed by atoms with Crippen molar-refractivity contribution in [3.05, 3.63) is 39.3 Å². The molecule has 2 rings (SSSR count). The second-order valence-electron chi connectivity index (χ2n) is 3.23. The van der Waals surface area contributed by atoms with Crippen molar-refractivity contribution in [3.63, 3.8) is 0 Å². The van der Waals surface area contributed by atoms with Crippen LogP contribution in [0.3, 0.4) is 0 Å². The van der Waals surface area contributed by atoms with E-state index in [0.29, 0.717) is 0 Å². The quantitative estimate of drug-likeness (QED) is 0.755. The van der Waals surface area contributed by atoms with Crippen LogP contribution in [-0.4, -0.2) is 4.98 Å². The normalized spacial score (nSPS) is 10.5. The molecule has 72 valence electrons. The van der Waals surface area contributed by atoms with Gasteiger partial charge in [0.25, 0.3) is 0 Å². The Kier molecular flexibility index (Phi) is 2.70. The first kappa shape index (κ1) is 9.87. The van der Waals surface area contributed by atoms with Crippen LogP contribution in [0.25, 0.3) is 10.6 Å². The Balaban J connectivity index is 2.49. The number of aryl methyl sites for hydroxylation is 2. The van der Waals surface area contributed by atoms with Gasteiger partial charge >= 0.3 is 0 Å². The van der Waals surface area contributed by atoms with Gasteiger partial charge in [-0.1, -0.05) is 6.07 Å². The van der Waals surface area contributed by atoms with Crippen molar-refractivity contribution in [2.75, 3.05) is 0 Å². The predicted molar refractivity (Wildman–Crippen MR) is 64.7 cm³/mol. The molecule has 1 nitrogen and oxygen atoms in total. The van der Waals surface area contributed by atoms with E-state index in [1.54, 1.807) is 11.3 Å². The number of pyridine rings is 1. The molecule has 2 aromatic rings. The van der Waals surface area contributed by atoms with Crippen molar-refractivity contribution in [2.24, 2.45) is 0 Å². The molecule has 2 aromatic heterocycles. The van der Waals surface area contributed by atoms with Crippen molar-refractivity contribution in [1.82, 2.24) is 4.98 Å². The Morgan fingerprint density at radius 1 is 1.29 bits per heavy atom. The molecule has 0 bridgehead atoms. The Morgan fingerprint density at radius 3 is 2.64 bits per heavy atom.